The molecule has 0 radical (unpaired) electrons. The molecule has 0 heterocycles. The summed E-state index contributed by atoms with van der Waals surface area (Å²) in [7, 11) is 8.49. The van der Waals surface area contributed by atoms with Crippen molar-refractivity contribution in [2.75, 3.05) is 46.9 Å². The first-order valence-electron chi connectivity index (χ1n) is 9.33. The van der Waals surface area contributed by atoms with Crippen LogP contribution in [0.3, 0.4) is 0 Å². The maximum atomic E-state index is 13.0. The van der Waals surface area contributed by atoms with Crippen molar-refractivity contribution < 1.29 is 23.7 Å². The van der Waals surface area contributed by atoms with Gasteiger partial charge in [0.25, 0.3) is 0 Å². The van der Waals surface area contributed by atoms with Crippen LogP contribution in [-0.4, -0.2) is 47.8 Å². The van der Waals surface area contributed by atoms with Crippen LogP contribution in [0.5, 0.6) is 23.0 Å². The highest BCUT2D eigenvalue weighted by Gasteiger charge is 2.18. The number of benzene rings is 2. The first kappa shape index (κ1) is 22.1. The number of methoxy groups -OCH3 is 3. The summed E-state index contributed by atoms with van der Waals surface area (Å²) in [4.78, 5) is 15.0. The quantitative estimate of drug-likeness (QED) is 0.458. The molecule has 2 aromatic rings. The lowest BCUT2D eigenvalue weighted by molar-refractivity contribution is 0.103. The van der Waals surface area contributed by atoms with E-state index in [1.165, 1.54) is 21.3 Å². The number of hydrogen-bond acceptors (Lipinski definition) is 6. The topological polar surface area (TPSA) is 57.2 Å². The summed E-state index contributed by atoms with van der Waals surface area (Å²) in [5.41, 5.74) is 2.92. The SMILES string of the molecule is CCOc1ccc(C=C(C)C(=O)c2cc(OC)c(OC)c(OC)c2)cc1N(C)C. The minimum Gasteiger partial charge on any atom is -0.493 e. The van der Waals surface area contributed by atoms with Gasteiger partial charge in [-0.2, -0.15) is 0 Å². The van der Waals surface area contributed by atoms with Gasteiger partial charge in [-0.15, -0.1) is 0 Å². The van der Waals surface area contributed by atoms with Crippen molar-refractivity contribution >= 4 is 17.5 Å². The van der Waals surface area contributed by atoms with Crippen molar-refractivity contribution in [1.29, 1.82) is 0 Å². The van der Waals surface area contributed by atoms with Crippen LogP contribution in [-0.2, 0) is 0 Å². The number of nitrogens with zero attached hydrogens (tertiary/aromatic N) is 1. The largest absolute Gasteiger partial charge is 0.493 e. The van der Waals surface area contributed by atoms with Gasteiger partial charge in [-0.1, -0.05) is 6.07 Å². The van der Waals surface area contributed by atoms with Gasteiger partial charge >= 0.3 is 0 Å². The molecule has 2 aromatic carbocycles. The van der Waals surface area contributed by atoms with Gasteiger partial charge in [0.15, 0.2) is 17.3 Å². The van der Waals surface area contributed by atoms with E-state index in [1.54, 1.807) is 19.1 Å². The van der Waals surface area contributed by atoms with Crippen molar-refractivity contribution in [3.63, 3.8) is 0 Å². The second-order valence-corrected chi connectivity index (χ2v) is 6.63. The third-order valence-electron chi connectivity index (χ3n) is 4.43. The minimum absolute atomic E-state index is 0.121. The van der Waals surface area contributed by atoms with Gasteiger partial charge in [0.2, 0.25) is 5.75 Å². The number of anilines is 1. The fourth-order valence-corrected chi connectivity index (χ4v) is 3.01. The van der Waals surface area contributed by atoms with Crippen molar-refractivity contribution in [3.05, 3.63) is 47.0 Å². The van der Waals surface area contributed by atoms with E-state index in [-0.39, 0.29) is 5.78 Å². The molecule has 0 spiro atoms. The van der Waals surface area contributed by atoms with Crippen LogP contribution < -0.4 is 23.8 Å². The van der Waals surface area contributed by atoms with Gasteiger partial charge in [-0.3, -0.25) is 4.79 Å². The zero-order chi connectivity index (χ0) is 21.6. The van der Waals surface area contributed by atoms with Crippen molar-refractivity contribution in [2.45, 2.75) is 13.8 Å². The van der Waals surface area contributed by atoms with E-state index in [2.05, 4.69) is 0 Å². The van der Waals surface area contributed by atoms with Crippen molar-refractivity contribution in [2.24, 2.45) is 0 Å². The lowest BCUT2D eigenvalue weighted by Crippen LogP contribution is -2.11. The molecule has 0 saturated carbocycles. The predicted octanol–water partition coefficient (Wildman–Crippen LogP) is 4.46. The molecule has 0 aromatic heterocycles. The summed E-state index contributed by atoms with van der Waals surface area (Å²) in [6, 6.07) is 9.16. The molecular formula is C23H29NO5. The first-order chi connectivity index (χ1) is 13.9. The fraction of sp³-hybridized carbons (Fsp3) is 0.348. The molecule has 0 amide bonds. The highest BCUT2D eigenvalue weighted by Crippen LogP contribution is 2.39. The van der Waals surface area contributed by atoms with Crippen molar-refractivity contribution in [1.82, 2.24) is 0 Å². The zero-order valence-corrected chi connectivity index (χ0v) is 18.2. The van der Waals surface area contributed by atoms with Gasteiger partial charge in [-0.25, -0.2) is 0 Å². The number of ketones is 1. The number of carbonyl (C=O) groups excluding carboxylic acids is 1. The van der Waals surface area contributed by atoms with Crippen LogP contribution in [0.15, 0.2) is 35.9 Å². The summed E-state index contributed by atoms with van der Waals surface area (Å²) in [5, 5.41) is 0. The number of carbonyl (C=O) groups is 1. The van der Waals surface area contributed by atoms with E-state index < -0.39 is 0 Å². The Labute approximate surface area is 172 Å². The van der Waals surface area contributed by atoms with E-state index in [1.807, 2.05) is 50.2 Å². The number of rotatable bonds is 9. The van der Waals surface area contributed by atoms with E-state index in [9.17, 15) is 4.79 Å². The van der Waals surface area contributed by atoms with Crippen LogP contribution in [0.25, 0.3) is 6.08 Å². The molecule has 0 unspecified atom stereocenters. The lowest BCUT2D eigenvalue weighted by Gasteiger charge is -2.18. The fourth-order valence-electron chi connectivity index (χ4n) is 3.01. The number of ether oxygens (including phenoxy) is 4. The van der Waals surface area contributed by atoms with E-state index >= 15 is 0 Å². The Hall–Kier alpha value is -3.15. The highest BCUT2D eigenvalue weighted by atomic mass is 16.5. The molecule has 0 fully saturated rings. The molecule has 29 heavy (non-hydrogen) atoms. The Bertz CT molecular complexity index is 877. The number of Topliss-reactive ketones (excluding diaryl/α,β-unsaturated/α-hetero) is 1. The second kappa shape index (κ2) is 9.87. The lowest BCUT2D eigenvalue weighted by atomic mass is 10.0. The summed E-state index contributed by atoms with van der Waals surface area (Å²) < 4.78 is 21.7. The predicted molar refractivity (Wildman–Crippen MR) is 116 cm³/mol. The molecule has 0 aliphatic carbocycles. The molecular weight excluding hydrogens is 370 g/mol. The maximum absolute atomic E-state index is 13.0. The maximum Gasteiger partial charge on any atom is 0.203 e. The van der Waals surface area contributed by atoms with Gasteiger partial charge in [0, 0.05) is 19.7 Å². The highest BCUT2D eigenvalue weighted by molar-refractivity contribution is 6.11. The molecule has 0 atom stereocenters. The smallest absolute Gasteiger partial charge is 0.203 e. The molecule has 0 N–H and O–H groups in total. The Morgan fingerprint density at radius 1 is 0.966 bits per heavy atom. The molecule has 0 aliphatic heterocycles. The number of allylic oxidation sites excluding steroid dienone is 1. The summed E-state index contributed by atoms with van der Waals surface area (Å²) in [5.74, 6) is 2.03. The van der Waals surface area contributed by atoms with Gasteiger partial charge in [0.05, 0.1) is 33.6 Å². The standard InChI is InChI=1S/C23H29NO5/c1-8-29-19-10-9-16(12-18(19)24(3)4)11-15(2)22(25)17-13-20(26-5)23(28-7)21(14-17)27-6/h9-14H,8H2,1-7H3. The molecule has 6 nitrogen and oxygen atoms in total. The first-order valence-corrected chi connectivity index (χ1v) is 9.33. The normalized spacial score (nSPS) is 11.1. The van der Waals surface area contributed by atoms with E-state index in [4.69, 9.17) is 18.9 Å². The van der Waals surface area contributed by atoms with Crippen LogP contribution in [0, 0.1) is 0 Å². The molecule has 6 heteroatoms. The van der Waals surface area contributed by atoms with Gasteiger partial charge in [0.1, 0.15) is 5.75 Å². The average molecular weight is 399 g/mol. The average Bonchev–Trinajstić information content (AvgIpc) is 2.72. The van der Waals surface area contributed by atoms with Crippen LogP contribution in [0.2, 0.25) is 0 Å². The van der Waals surface area contributed by atoms with E-state index in [0.29, 0.717) is 35.0 Å². The Kier molecular flexibility index (Phi) is 7.53. The molecule has 0 bridgehead atoms. The second-order valence-electron chi connectivity index (χ2n) is 6.63. The Morgan fingerprint density at radius 3 is 2.07 bits per heavy atom. The third kappa shape index (κ3) is 5.02. The van der Waals surface area contributed by atoms with Gasteiger partial charge < -0.3 is 23.8 Å². The van der Waals surface area contributed by atoms with Gasteiger partial charge in [-0.05, 0) is 55.3 Å². The summed E-state index contributed by atoms with van der Waals surface area (Å²) in [6.07, 6.45) is 1.86. The minimum atomic E-state index is -0.121. The Balaban J connectivity index is 2.42. The molecule has 0 saturated heterocycles. The summed E-state index contributed by atoms with van der Waals surface area (Å²) in [6.45, 7) is 4.33. The monoisotopic (exact) mass is 399 g/mol. The summed E-state index contributed by atoms with van der Waals surface area (Å²) >= 11 is 0. The molecule has 0 aliphatic rings. The molecule has 2 rings (SSSR count). The zero-order valence-electron chi connectivity index (χ0n) is 18.2. The number of hydrogen-bond donors (Lipinski definition) is 0. The van der Waals surface area contributed by atoms with E-state index in [0.717, 1.165) is 17.0 Å². The van der Waals surface area contributed by atoms with Crippen LogP contribution in [0.4, 0.5) is 5.69 Å². The Morgan fingerprint density at radius 2 is 1.59 bits per heavy atom. The van der Waals surface area contributed by atoms with Crippen LogP contribution >= 0.6 is 0 Å². The van der Waals surface area contributed by atoms with Crippen molar-refractivity contribution in [3.8, 4) is 23.0 Å². The molecule has 156 valence electrons. The van der Waals surface area contributed by atoms with Crippen LogP contribution in [0.1, 0.15) is 29.8 Å². The third-order valence-corrected chi connectivity index (χ3v) is 4.43.